The van der Waals surface area contributed by atoms with Crippen molar-refractivity contribution in [1.29, 1.82) is 0 Å². The molecule has 1 aliphatic heterocycles. The molecule has 0 spiro atoms. The van der Waals surface area contributed by atoms with Crippen molar-refractivity contribution in [1.82, 2.24) is 20.2 Å². The molecule has 0 radical (unpaired) electrons. The molecule has 2 heterocycles. The maximum absolute atomic E-state index is 11.7. The van der Waals surface area contributed by atoms with Crippen LogP contribution >= 0.6 is 36.2 Å². The monoisotopic (exact) mass is 423 g/mol. The van der Waals surface area contributed by atoms with Gasteiger partial charge < -0.3 is 5.32 Å². The molecular formula is C19H13N5OS3. The van der Waals surface area contributed by atoms with Gasteiger partial charge in [0.15, 0.2) is 5.82 Å². The Morgan fingerprint density at radius 3 is 2.43 bits per heavy atom. The highest BCUT2D eigenvalue weighted by Crippen LogP contribution is 2.25. The lowest BCUT2D eigenvalue weighted by Gasteiger charge is -2.01. The Balaban J connectivity index is 1.56. The molecule has 0 saturated carbocycles. The number of aromatic amines is 1. The molecule has 1 aromatic heterocycles. The van der Waals surface area contributed by atoms with E-state index in [9.17, 15) is 4.79 Å². The van der Waals surface area contributed by atoms with Crippen LogP contribution in [-0.4, -0.2) is 31.3 Å². The van der Waals surface area contributed by atoms with E-state index < -0.39 is 0 Å². The van der Waals surface area contributed by atoms with Crippen molar-refractivity contribution in [2.24, 2.45) is 5.10 Å². The van der Waals surface area contributed by atoms with E-state index in [-0.39, 0.29) is 5.91 Å². The van der Waals surface area contributed by atoms with Gasteiger partial charge in [-0.15, -0.1) is 0 Å². The van der Waals surface area contributed by atoms with Crippen LogP contribution in [0.2, 0.25) is 0 Å². The van der Waals surface area contributed by atoms with Crippen LogP contribution in [0.4, 0.5) is 0 Å². The number of benzene rings is 2. The van der Waals surface area contributed by atoms with Crippen molar-refractivity contribution in [2.45, 2.75) is 0 Å². The number of hydrogen-bond acceptors (Lipinski definition) is 6. The van der Waals surface area contributed by atoms with E-state index in [1.165, 1.54) is 11.8 Å². The smallest absolute Gasteiger partial charge is 0.263 e. The highest BCUT2D eigenvalue weighted by Gasteiger charge is 2.21. The van der Waals surface area contributed by atoms with E-state index >= 15 is 0 Å². The van der Waals surface area contributed by atoms with Gasteiger partial charge in [-0.3, -0.25) is 4.79 Å². The number of carbonyl (C=O) groups is 1. The number of nitrogens with one attached hydrogen (secondary N) is 2. The van der Waals surface area contributed by atoms with Crippen molar-refractivity contribution in [2.75, 3.05) is 0 Å². The summed E-state index contributed by atoms with van der Waals surface area (Å²) in [5.41, 5.74) is 2.71. The summed E-state index contributed by atoms with van der Waals surface area (Å²) in [5.74, 6) is 0.479. The number of amides is 1. The van der Waals surface area contributed by atoms with Gasteiger partial charge in [0.1, 0.15) is 4.32 Å². The van der Waals surface area contributed by atoms with Crippen molar-refractivity contribution >= 4 is 58.7 Å². The maximum Gasteiger partial charge on any atom is 0.263 e. The minimum atomic E-state index is -0.164. The van der Waals surface area contributed by atoms with Crippen LogP contribution in [0.3, 0.4) is 0 Å². The Morgan fingerprint density at radius 2 is 1.75 bits per heavy atom. The zero-order valence-electron chi connectivity index (χ0n) is 14.3. The normalized spacial score (nSPS) is 15.5. The second-order valence-corrected chi connectivity index (χ2v) is 7.90. The first-order valence-electron chi connectivity index (χ1n) is 8.22. The summed E-state index contributed by atoms with van der Waals surface area (Å²) in [5, 5.41) is 14.1. The van der Waals surface area contributed by atoms with Crippen LogP contribution in [0.25, 0.3) is 17.5 Å². The van der Waals surface area contributed by atoms with Crippen molar-refractivity contribution < 1.29 is 4.79 Å². The molecule has 28 heavy (non-hydrogen) atoms. The molecule has 0 atom stereocenters. The zero-order chi connectivity index (χ0) is 19.5. The molecule has 138 valence electrons. The highest BCUT2D eigenvalue weighted by molar-refractivity contribution is 8.26. The Labute approximate surface area is 175 Å². The van der Waals surface area contributed by atoms with Crippen LogP contribution in [0, 0.1) is 4.77 Å². The number of hydrogen-bond donors (Lipinski definition) is 2. The fourth-order valence-corrected chi connectivity index (χ4v) is 3.77. The molecule has 1 amide bonds. The molecule has 0 unspecified atom stereocenters. The molecule has 3 aromatic rings. The summed E-state index contributed by atoms with van der Waals surface area (Å²) in [4.78, 5) is 12.3. The van der Waals surface area contributed by atoms with Crippen LogP contribution in [0.1, 0.15) is 11.1 Å². The number of carbonyl (C=O) groups excluding carboxylic acids is 1. The fraction of sp³-hybridized carbons (Fsp3) is 0. The van der Waals surface area contributed by atoms with Gasteiger partial charge in [-0.2, -0.15) is 14.9 Å². The summed E-state index contributed by atoms with van der Waals surface area (Å²) in [7, 11) is 0. The van der Waals surface area contributed by atoms with Crippen molar-refractivity contribution in [3.8, 4) is 11.4 Å². The Kier molecular flexibility index (Phi) is 5.29. The molecule has 0 aliphatic carbocycles. The molecule has 1 aliphatic rings. The summed E-state index contributed by atoms with van der Waals surface area (Å²) in [6, 6.07) is 17.4. The van der Waals surface area contributed by atoms with Gasteiger partial charge in [-0.25, -0.2) is 5.10 Å². The SMILES string of the molecule is O=C1NC(=S)S/C1=C\c1ccc(/C=N/n2c(-c3ccccc3)n[nH]c2=S)cc1. The van der Waals surface area contributed by atoms with Crippen LogP contribution < -0.4 is 5.32 Å². The minimum absolute atomic E-state index is 0.164. The molecule has 1 saturated heterocycles. The van der Waals surface area contributed by atoms with Crippen molar-refractivity contribution in [3.63, 3.8) is 0 Å². The van der Waals surface area contributed by atoms with Crippen LogP contribution in [-0.2, 0) is 4.79 Å². The minimum Gasteiger partial charge on any atom is -0.307 e. The Hall–Kier alpha value is -2.88. The van der Waals surface area contributed by atoms with E-state index in [4.69, 9.17) is 24.4 Å². The van der Waals surface area contributed by atoms with Gasteiger partial charge >= 0.3 is 0 Å². The molecule has 1 fully saturated rings. The quantitative estimate of drug-likeness (QED) is 0.377. The molecule has 6 nitrogen and oxygen atoms in total. The lowest BCUT2D eigenvalue weighted by molar-refractivity contribution is -0.115. The number of thiocarbonyl (C=S) groups is 1. The molecule has 4 rings (SSSR count). The van der Waals surface area contributed by atoms with E-state index in [0.29, 0.717) is 19.8 Å². The second-order valence-electron chi connectivity index (χ2n) is 5.79. The summed E-state index contributed by atoms with van der Waals surface area (Å²) in [6.45, 7) is 0. The van der Waals surface area contributed by atoms with Gasteiger partial charge in [-0.1, -0.05) is 78.6 Å². The van der Waals surface area contributed by atoms with E-state index in [0.717, 1.165) is 16.7 Å². The first-order chi connectivity index (χ1) is 13.6. The van der Waals surface area contributed by atoms with E-state index in [1.807, 2.05) is 54.6 Å². The van der Waals surface area contributed by atoms with Crippen LogP contribution in [0.15, 0.2) is 64.6 Å². The second kappa shape index (κ2) is 8.01. The average molecular weight is 424 g/mol. The largest absolute Gasteiger partial charge is 0.307 e. The first-order valence-corrected chi connectivity index (χ1v) is 9.85. The number of rotatable bonds is 4. The number of nitrogens with zero attached hydrogens (tertiary/aromatic N) is 3. The molecule has 9 heteroatoms. The van der Waals surface area contributed by atoms with E-state index in [2.05, 4.69) is 20.6 Å². The predicted molar refractivity (Wildman–Crippen MR) is 119 cm³/mol. The first kappa shape index (κ1) is 18.5. The standard InChI is InChI=1S/C19H13N5OS3/c25-17-15(28-19(27)21-17)10-12-6-8-13(9-7-12)11-20-24-16(22-23-18(24)26)14-4-2-1-3-5-14/h1-11H,(H,23,26)(H,21,25,27)/b15-10-,20-11+. The third-order valence-electron chi connectivity index (χ3n) is 3.88. The van der Waals surface area contributed by atoms with Gasteiger partial charge in [0.05, 0.1) is 11.1 Å². The maximum atomic E-state index is 11.7. The molecular weight excluding hydrogens is 410 g/mol. The van der Waals surface area contributed by atoms with Gasteiger partial charge in [-0.05, 0) is 29.4 Å². The topological polar surface area (TPSA) is 75.1 Å². The number of aromatic nitrogens is 3. The van der Waals surface area contributed by atoms with Gasteiger partial charge in [0.25, 0.3) is 5.91 Å². The number of thioether (sulfide) groups is 1. The summed E-state index contributed by atoms with van der Waals surface area (Å²) in [6.07, 6.45) is 3.51. The average Bonchev–Trinajstić information content (AvgIpc) is 3.23. The van der Waals surface area contributed by atoms with E-state index in [1.54, 1.807) is 17.0 Å². The summed E-state index contributed by atoms with van der Waals surface area (Å²) < 4.78 is 2.48. The fourth-order valence-electron chi connectivity index (χ4n) is 2.55. The predicted octanol–water partition coefficient (Wildman–Crippen LogP) is 3.98. The van der Waals surface area contributed by atoms with Gasteiger partial charge in [0, 0.05) is 5.56 Å². The highest BCUT2D eigenvalue weighted by atomic mass is 32.2. The molecule has 2 aromatic carbocycles. The number of H-pyrrole nitrogens is 1. The lowest BCUT2D eigenvalue weighted by Crippen LogP contribution is -2.17. The van der Waals surface area contributed by atoms with Crippen molar-refractivity contribution in [3.05, 3.63) is 75.4 Å². The van der Waals surface area contributed by atoms with Crippen LogP contribution in [0.5, 0.6) is 0 Å². The summed E-state index contributed by atoms with van der Waals surface area (Å²) >= 11 is 11.5. The lowest BCUT2D eigenvalue weighted by atomic mass is 10.1. The Bertz CT molecular complexity index is 1160. The van der Waals surface area contributed by atoms with Gasteiger partial charge in [0.2, 0.25) is 4.77 Å². The third-order valence-corrected chi connectivity index (χ3v) is 5.31. The molecule has 2 N–H and O–H groups in total. The zero-order valence-corrected chi connectivity index (χ0v) is 16.8. The Morgan fingerprint density at radius 1 is 1.04 bits per heavy atom. The third kappa shape index (κ3) is 4.01. The molecule has 0 bridgehead atoms.